The van der Waals surface area contributed by atoms with Crippen molar-refractivity contribution in [1.82, 2.24) is 0 Å². The van der Waals surface area contributed by atoms with Crippen LogP contribution in [0.5, 0.6) is 0 Å². The lowest BCUT2D eigenvalue weighted by Gasteiger charge is -2.23. The molecule has 0 saturated carbocycles. The van der Waals surface area contributed by atoms with E-state index in [0.717, 1.165) is 5.56 Å². The summed E-state index contributed by atoms with van der Waals surface area (Å²) < 4.78 is 10.6. The van der Waals surface area contributed by atoms with Gasteiger partial charge in [-0.3, -0.25) is 0 Å². The van der Waals surface area contributed by atoms with E-state index in [2.05, 4.69) is 0 Å². The van der Waals surface area contributed by atoms with Crippen molar-refractivity contribution >= 4 is 5.97 Å². The first-order valence-corrected chi connectivity index (χ1v) is 5.38. The molecule has 0 aromatic heterocycles. The van der Waals surface area contributed by atoms with Crippen LogP contribution in [0.1, 0.15) is 25.0 Å². The van der Waals surface area contributed by atoms with Crippen LogP contribution in [0.2, 0.25) is 0 Å². The van der Waals surface area contributed by atoms with E-state index in [1.54, 1.807) is 0 Å². The zero-order valence-electron chi connectivity index (χ0n) is 9.18. The third kappa shape index (κ3) is 2.42. The van der Waals surface area contributed by atoms with E-state index in [-0.39, 0.29) is 12.1 Å². The molecule has 1 aliphatic rings. The van der Waals surface area contributed by atoms with Gasteiger partial charge in [0.1, 0.15) is 11.9 Å². The van der Waals surface area contributed by atoms with E-state index in [1.165, 1.54) is 6.08 Å². The van der Waals surface area contributed by atoms with E-state index in [0.29, 0.717) is 18.8 Å². The van der Waals surface area contributed by atoms with Gasteiger partial charge in [0, 0.05) is 6.42 Å². The molecule has 0 bridgehead atoms. The van der Waals surface area contributed by atoms with Gasteiger partial charge in [0.2, 0.25) is 0 Å². The average Bonchev–Trinajstić information content (AvgIpc) is 2.30. The molecule has 1 heterocycles. The van der Waals surface area contributed by atoms with Crippen molar-refractivity contribution in [3.05, 3.63) is 47.7 Å². The fraction of sp³-hybridized carbons (Fsp3) is 0.308. The van der Waals surface area contributed by atoms with E-state index in [1.807, 2.05) is 37.3 Å². The van der Waals surface area contributed by atoms with Crippen LogP contribution in [-0.4, -0.2) is 12.6 Å². The first-order valence-electron chi connectivity index (χ1n) is 5.38. The molecule has 1 aromatic carbocycles. The molecule has 0 N–H and O–H groups in total. The Morgan fingerprint density at radius 1 is 1.38 bits per heavy atom. The standard InChI is InChI=1S/C13H14O3/c1-2-15-11-8-12(16-13(14)9-11)10-6-4-3-5-7-10/h3-7,9,12H,2,8H2,1H3/t12-/m1/s1. The molecule has 16 heavy (non-hydrogen) atoms. The second kappa shape index (κ2) is 4.84. The molecule has 0 unspecified atom stereocenters. The van der Waals surface area contributed by atoms with E-state index < -0.39 is 0 Å². The Balaban J connectivity index is 2.15. The monoisotopic (exact) mass is 218 g/mol. The highest BCUT2D eigenvalue weighted by molar-refractivity contribution is 5.83. The van der Waals surface area contributed by atoms with Gasteiger partial charge < -0.3 is 9.47 Å². The van der Waals surface area contributed by atoms with Crippen molar-refractivity contribution < 1.29 is 14.3 Å². The second-order valence-corrected chi connectivity index (χ2v) is 3.58. The average molecular weight is 218 g/mol. The van der Waals surface area contributed by atoms with Crippen molar-refractivity contribution in [2.24, 2.45) is 0 Å². The van der Waals surface area contributed by atoms with E-state index in [4.69, 9.17) is 9.47 Å². The Morgan fingerprint density at radius 2 is 2.12 bits per heavy atom. The molecule has 0 saturated heterocycles. The SMILES string of the molecule is CCOC1=CC(=O)O[C@@H](c2ccccc2)C1. The van der Waals surface area contributed by atoms with Crippen molar-refractivity contribution in [2.45, 2.75) is 19.4 Å². The molecule has 0 spiro atoms. The van der Waals surface area contributed by atoms with Crippen molar-refractivity contribution in [3.8, 4) is 0 Å². The Kier molecular flexibility index (Phi) is 3.25. The quantitative estimate of drug-likeness (QED) is 0.731. The smallest absolute Gasteiger partial charge is 0.334 e. The normalized spacial score (nSPS) is 19.9. The third-order valence-corrected chi connectivity index (χ3v) is 2.42. The molecule has 1 aromatic rings. The van der Waals surface area contributed by atoms with Crippen LogP contribution in [-0.2, 0) is 14.3 Å². The van der Waals surface area contributed by atoms with Crippen LogP contribution < -0.4 is 0 Å². The van der Waals surface area contributed by atoms with Gasteiger partial charge in [-0.25, -0.2) is 4.79 Å². The zero-order valence-corrected chi connectivity index (χ0v) is 9.18. The summed E-state index contributed by atoms with van der Waals surface area (Å²) in [5.74, 6) is 0.371. The molecule has 1 aliphatic heterocycles. The fourth-order valence-corrected chi connectivity index (χ4v) is 1.73. The zero-order chi connectivity index (χ0) is 11.4. The molecule has 84 valence electrons. The maximum atomic E-state index is 11.4. The van der Waals surface area contributed by atoms with Gasteiger partial charge >= 0.3 is 5.97 Å². The number of hydrogen-bond acceptors (Lipinski definition) is 3. The molecule has 0 aliphatic carbocycles. The van der Waals surface area contributed by atoms with Gasteiger partial charge in [0.15, 0.2) is 0 Å². The third-order valence-electron chi connectivity index (χ3n) is 2.42. The minimum Gasteiger partial charge on any atom is -0.498 e. The Hall–Kier alpha value is -1.77. The summed E-state index contributed by atoms with van der Waals surface area (Å²) in [4.78, 5) is 11.4. The molecular weight excluding hydrogens is 204 g/mol. The van der Waals surface area contributed by atoms with Crippen LogP contribution in [0.15, 0.2) is 42.2 Å². The fourth-order valence-electron chi connectivity index (χ4n) is 1.73. The topological polar surface area (TPSA) is 35.5 Å². The number of carbonyl (C=O) groups excluding carboxylic acids is 1. The predicted molar refractivity (Wildman–Crippen MR) is 59.6 cm³/mol. The number of benzene rings is 1. The number of ether oxygens (including phenoxy) is 2. The summed E-state index contributed by atoms with van der Waals surface area (Å²) in [6.07, 6.45) is 1.81. The van der Waals surface area contributed by atoms with Gasteiger partial charge in [-0.05, 0) is 12.5 Å². The molecule has 0 amide bonds. The lowest BCUT2D eigenvalue weighted by molar-refractivity contribution is -0.145. The molecule has 0 fully saturated rings. The maximum Gasteiger partial charge on any atom is 0.334 e. The molecule has 3 heteroatoms. The first-order chi connectivity index (χ1) is 7.79. The van der Waals surface area contributed by atoms with Gasteiger partial charge in [-0.1, -0.05) is 30.3 Å². The van der Waals surface area contributed by atoms with E-state index >= 15 is 0 Å². The van der Waals surface area contributed by atoms with Crippen LogP contribution in [0.3, 0.4) is 0 Å². The minimum atomic E-state index is -0.330. The Bertz CT molecular complexity index is 395. The van der Waals surface area contributed by atoms with Gasteiger partial charge in [-0.15, -0.1) is 0 Å². The van der Waals surface area contributed by atoms with Crippen molar-refractivity contribution in [3.63, 3.8) is 0 Å². The summed E-state index contributed by atoms with van der Waals surface area (Å²) in [5.41, 5.74) is 1.00. The number of carbonyl (C=O) groups is 1. The maximum absolute atomic E-state index is 11.4. The summed E-state index contributed by atoms with van der Waals surface area (Å²) in [5, 5.41) is 0. The summed E-state index contributed by atoms with van der Waals surface area (Å²) in [6, 6.07) is 9.71. The van der Waals surface area contributed by atoms with Gasteiger partial charge in [-0.2, -0.15) is 0 Å². The van der Waals surface area contributed by atoms with Gasteiger partial charge in [0.05, 0.1) is 12.7 Å². The lowest BCUT2D eigenvalue weighted by Crippen LogP contribution is -2.17. The minimum absolute atomic E-state index is 0.222. The number of rotatable bonds is 3. The Labute approximate surface area is 94.7 Å². The summed E-state index contributed by atoms with van der Waals surface area (Å²) in [7, 11) is 0. The highest BCUT2D eigenvalue weighted by Gasteiger charge is 2.23. The molecule has 2 rings (SSSR count). The molecule has 0 radical (unpaired) electrons. The van der Waals surface area contributed by atoms with Gasteiger partial charge in [0.25, 0.3) is 0 Å². The van der Waals surface area contributed by atoms with Crippen molar-refractivity contribution in [1.29, 1.82) is 0 Å². The number of cyclic esters (lactones) is 1. The molecule has 3 nitrogen and oxygen atoms in total. The van der Waals surface area contributed by atoms with E-state index in [9.17, 15) is 4.79 Å². The number of hydrogen-bond donors (Lipinski definition) is 0. The highest BCUT2D eigenvalue weighted by Crippen LogP contribution is 2.29. The Morgan fingerprint density at radius 3 is 2.81 bits per heavy atom. The van der Waals surface area contributed by atoms with Crippen LogP contribution in [0.4, 0.5) is 0 Å². The first kappa shape index (κ1) is 10.7. The number of esters is 1. The predicted octanol–water partition coefficient (Wildman–Crippen LogP) is 2.60. The molecule has 1 atom stereocenters. The summed E-state index contributed by atoms with van der Waals surface area (Å²) in [6.45, 7) is 2.47. The highest BCUT2D eigenvalue weighted by atomic mass is 16.6. The largest absolute Gasteiger partial charge is 0.498 e. The van der Waals surface area contributed by atoms with Crippen LogP contribution in [0, 0.1) is 0 Å². The van der Waals surface area contributed by atoms with Crippen LogP contribution in [0.25, 0.3) is 0 Å². The second-order valence-electron chi connectivity index (χ2n) is 3.58. The van der Waals surface area contributed by atoms with Crippen molar-refractivity contribution in [2.75, 3.05) is 6.61 Å². The van der Waals surface area contributed by atoms with Crippen LogP contribution >= 0.6 is 0 Å². The summed E-state index contributed by atoms with van der Waals surface area (Å²) >= 11 is 0. The molecular formula is C13H14O3. The lowest BCUT2D eigenvalue weighted by atomic mass is 10.0.